The average Bonchev–Trinajstić information content (AvgIpc) is 2.55. The van der Waals surface area contributed by atoms with Crippen LogP contribution in [-0.4, -0.2) is 26.9 Å². The molecule has 1 amide bonds. The van der Waals surface area contributed by atoms with Crippen molar-refractivity contribution in [1.29, 1.82) is 0 Å². The van der Waals surface area contributed by atoms with Crippen molar-refractivity contribution < 1.29 is 4.79 Å². The number of nitrogens with zero attached hydrogens (tertiary/aromatic N) is 2. The molecule has 1 rings (SSSR count). The zero-order chi connectivity index (χ0) is 9.68. The summed E-state index contributed by atoms with van der Waals surface area (Å²) in [6.45, 7) is 1.96. The lowest BCUT2D eigenvalue weighted by Crippen LogP contribution is -2.32. The fourth-order valence-corrected chi connectivity index (χ4v) is 1.92. The van der Waals surface area contributed by atoms with E-state index in [1.807, 2.05) is 6.92 Å². The molecule has 0 fully saturated rings. The Hall–Kier alpha value is -0.490. The minimum absolute atomic E-state index is 0.151. The van der Waals surface area contributed by atoms with Crippen molar-refractivity contribution >= 4 is 33.4 Å². The van der Waals surface area contributed by atoms with Crippen LogP contribution in [-0.2, 0) is 0 Å². The lowest BCUT2D eigenvalue weighted by atomic mass is 10.2. The van der Waals surface area contributed by atoms with Crippen molar-refractivity contribution in [1.82, 2.24) is 14.9 Å². The van der Waals surface area contributed by atoms with E-state index in [0.29, 0.717) is 5.69 Å². The summed E-state index contributed by atoms with van der Waals surface area (Å²) >= 11 is 4.49. The van der Waals surface area contributed by atoms with Gasteiger partial charge in [-0.15, -0.1) is 5.10 Å². The molecule has 0 bridgehead atoms. The molecule has 0 saturated heterocycles. The van der Waals surface area contributed by atoms with Gasteiger partial charge in [-0.1, -0.05) is 20.4 Å². The van der Waals surface area contributed by atoms with E-state index in [0.717, 1.165) is 11.8 Å². The molecular weight excluding hydrogens is 254 g/mol. The molecular formula is C7H10BrN3OS. The van der Waals surface area contributed by atoms with Crippen LogP contribution in [0.15, 0.2) is 5.38 Å². The minimum Gasteiger partial charge on any atom is -0.348 e. The van der Waals surface area contributed by atoms with Gasteiger partial charge in [0.15, 0.2) is 5.69 Å². The molecule has 0 aliphatic heterocycles. The van der Waals surface area contributed by atoms with E-state index in [1.54, 1.807) is 5.38 Å². The Balaban J connectivity index is 2.42. The molecule has 1 atom stereocenters. The van der Waals surface area contributed by atoms with Crippen LogP contribution in [0, 0.1) is 0 Å². The second-order valence-corrected chi connectivity index (χ2v) is 4.05. The van der Waals surface area contributed by atoms with Gasteiger partial charge in [0.25, 0.3) is 5.91 Å². The van der Waals surface area contributed by atoms with Crippen LogP contribution in [0.5, 0.6) is 0 Å². The normalized spacial score (nSPS) is 12.5. The van der Waals surface area contributed by atoms with E-state index in [1.165, 1.54) is 11.5 Å². The van der Waals surface area contributed by atoms with E-state index >= 15 is 0 Å². The first-order chi connectivity index (χ1) is 6.24. The summed E-state index contributed by atoms with van der Waals surface area (Å²) in [6, 6.07) is 0.161. The van der Waals surface area contributed by atoms with Crippen molar-refractivity contribution in [2.75, 3.05) is 5.33 Å². The third kappa shape index (κ3) is 3.40. The highest BCUT2D eigenvalue weighted by Gasteiger charge is 2.11. The monoisotopic (exact) mass is 263 g/mol. The standard InChI is InChI=1S/C7H10BrN3OS/c1-5(2-3-8)9-7(12)6-4-13-11-10-6/h4-5H,2-3H2,1H3,(H,9,12). The van der Waals surface area contributed by atoms with Crippen molar-refractivity contribution in [3.05, 3.63) is 11.1 Å². The topological polar surface area (TPSA) is 54.9 Å². The van der Waals surface area contributed by atoms with Crippen LogP contribution in [0.1, 0.15) is 23.8 Å². The summed E-state index contributed by atoms with van der Waals surface area (Å²) < 4.78 is 3.62. The van der Waals surface area contributed by atoms with Gasteiger partial charge in [0.2, 0.25) is 0 Å². The van der Waals surface area contributed by atoms with Gasteiger partial charge in [-0.2, -0.15) is 0 Å². The Morgan fingerprint density at radius 1 is 1.85 bits per heavy atom. The van der Waals surface area contributed by atoms with Crippen LogP contribution in [0.3, 0.4) is 0 Å². The summed E-state index contributed by atoms with van der Waals surface area (Å²) in [4.78, 5) is 11.4. The maximum absolute atomic E-state index is 11.4. The van der Waals surface area contributed by atoms with Crippen LogP contribution in [0.25, 0.3) is 0 Å². The summed E-state index contributed by atoms with van der Waals surface area (Å²) in [5.41, 5.74) is 0.395. The molecule has 1 aromatic rings. The van der Waals surface area contributed by atoms with Crippen LogP contribution < -0.4 is 5.32 Å². The Morgan fingerprint density at radius 3 is 3.15 bits per heavy atom. The molecule has 0 aliphatic rings. The van der Waals surface area contributed by atoms with E-state index in [9.17, 15) is 4.79 Å². The van der Waals surface area contributed by atoms with Gasteiger partial charge in [-0.25, -0.2) is 0 Å². The first kappa shape index (κ1) is 10.6. The predicted octanol–water partition coefficient (Wildman–Crippen LogP) is 1.44. The molecule has 1 aromatic heterocycles. The minimum atomic E-state index is -0.151. The fraction of sp³-hybridized carbons (Fsp3) is 0.571. The molecule has 0 spiro atoms. The predicted molar refractivity (Wildman–Crippen MR) is 55.2 cm³/mol. The molecule has 0 saturated carbocycles. The summed E-state index contributed by atoms with van der Waals surface area (Å²) in [5.74, 6) is -0.151. The van der Waals surface area contributed by atoms with E-state index in [-0.39, 0.29) is 11.9 Å². The largest absolute Gasteiger partial charge is 0.348 e. The lowest BCUT2D eigenvalue weighted by molar-refractivity contribution is 0.0934. The van der Waals surface area contributed by atoms with Gasteiger partial charge in [-0.3, -0.25) is 4.79 Å². The zero-order valence-electron chi connectivity index (χ0n) is 7.16. The molecule has 72 valence electrons. The Morgan fingerprint density at radius 2 is 2.62 bits per heavy atom. The first-order valence-electron chi connectivity index (χ1n) is 3.88. The molecule has 1 N–H and O–H groups in total. The lowest BCUT2D eigenvalue weighted by Gasteiger charge is -2.10. The second-order valence-electron chi connectivity index (χ2n) is 2.64. The summed E-state index contributed by atoms with van der Waals surface area (Å²) in [7, 11) is 0. The number of rotatable bonds is 4. The number of halogens is 1. The third-order valence-electron chi connectivity index (χ3n) is 1.51. The highest BCUT2D eigenvalue weighted by molar-refractivity contribution is 9.09. The molecule has 0 radical (unpaired) electrons. The van der Waals surface area contributed by atoms with Crippen LogP contribution >= 0.6 is 27.5 Å². The SMILES string of the molecule is CC(CCBr)NC(=O)c1csnn1. The number of carbonyl (C=O) groups is 1. The molecule has 1 heterocycles. The van der Waals surface area contributed by atoms with Crippen LogP contribution in [0.4, 0.5) is 0 Å². The molecule has 1 unspecified atom stereocenters. The van der Waals surface area contributed by atoms with Gasteiger partial charge in [-0.05, 0) is 24.9 Å². The summed E-state index contributed by atoms with van der Waals surface area (Å²) in [5, 5.41) is 9.01. The van der Waals surface area contributed by atoms with Gasteiger partial charge >= 0.3 is 0 Å². The van der Waals surface area contributed by atoms with E-state index in [2.05, 4.69) is 30.8 Å². The Labute approximate surface area is 89.0 Å². The van der Waals surface area contributed by atoms with Crippen molar-refractivity contribution in [3.8, 4) is 0 Å². The second kappa shape index (κ2) is 5.29. The van der Waals surface area contributed by atoms with Crippen molar-refractivity contribution in [2.45, 2.75) is 19.4 Å². The number of aromatic nitrogens is 2. The molecule has 6 heteroatoms. The first-order valence-corrected chi connectivity index (χ1v) is 5.83. The van der Waals surface area contributed by atoms with E-state index in [4.69, 9.17) is 0 Å². The number of amides is 1. The maximum Gasteiger partial charge on any atom is 0.272 e. The smallest absolute Gasteiger partial charge is 0.272 e. The summed E-state index contributed by atoms with van der Waals surface area (Å²) in [6.07, 6.45) is 0.906. The number of nitrogens with one attached hydrogen (secondary N) is 1. The van der Waals surface area contributed by atoms with Gasteiger partial charge in [0.1, 0.15) is 0 Å². The fourth-order valence-electron chi connectivity index (χ4n) is 0.797. The Kier molecular flexibility index (Phi) is 4.31. The van der Waals surface area contributed by atoms with E-state index < -0.39 is 0 Å². The highest BCUT2D eigenvalue weighted by Crippen LogP contribution is 2.00. The van der Waals surface area contributed by atoms with Gasteiger partial charge in [0, 0.05) is 16.8 Å². The maximum atomic E-state index is 11.4. The molecule has 0 aliphatic carbocycles. The van der Waals surface area contributed by atoms with Crippen LogP contribution in [0.2, 0.25) is 0 Å². The number of alkyl halides is 1. The zero-order valence-corrected chi connectivity index (χ0v) is 9.56. The van der Waals surface area contributed by atoms with Gasteiger partial charge in [0.05, 0.1) is 0 Å². The number of carbonyl (C=O) groups excluding carboxylic acids is 1. The third-order valence-corrected chi connectivity index (χ3v) is 2.47. The molecule has 0 aromatic carbocycles. The molecule has 4 nitrogen and oxygen atoms in total. The average molecular weight is 264 g/mol. The number of hydrogen-bond acceptors (Lipinski definition) is 4. The van der Waals surface area contributed by atoms with Crippen molar-refractivity contribution in [3.63, 3.8) is 0 Å². The van der Waals surface area contributed by atoms with Crippen molar-refractivity contribution in [2.24, 2.45) is 0 Å². The highest BCUT2D eigenvalue weighted by atomic mass is 79.9. The molecule has 13 heavy (non-hydrogen) atoms. The number of hydrogen-bond donors (Lipinski definition) is 1. The Bertz CT molecular complexity index is 265. The quantitative estimate of drug-likeness (QED) is 0.837. The van der Waals surface area contributed by atoms with Gasteiger partial charge < -0.3 is 5.32 Å².